The molecule has 6 heteroatoms. The van der Waals surface area contributed by atoms with Gasteiger partial charge in [-0.2, -0.15) is 9.78 Å². The molecule has 1 aliphatic carbocycles. The number of carbonyl (C=O) groups is 1. The second-order valence-corrected chi connectivity index (χ2v) is 6.71. The number of hydrogen-bond acceptors (Lipinski definition) is 5. The normalized spacial score (nSPS) is 28.6. The summed E-state index contributed by atoms with van der Waals surface area (Å²) in [6.07, 6.45) is 12.5. The molecule has 1 atom stereocenters. The molecule has 2 fully saturated rings. The van der Waals surface area contributed by atoms with Crippen molar-refractivity contribution in [1.82, 2.24) is 0 Å². The van der Waals surface area contributed by atoms with Crippen molar-refractivity contribution in [1.29, 1.82) is 0 Å². The first-order valence-corrected chi connectivity index (χ1v) is 9.16. The third-order valence-electron chi connectivity index (χ3n) is 4.65. The minimum atomic E-state index is -0.919. The summed E-state index contributed by atoms with van der Waals surface area (Å²) < 4.78 is 0. The van der Waals surface area contributed by atoms with Crippen LogP contribution in [-0.2, 0) is 24.3 Å². The third kappa shape index (κ3) is 6.75. The Morgan fingerprint density at radius 1 is 0.826 bits per heavy atom. The van der Waals surface area contributed by atoms with E-state index < -0.39 is 17.8 Å². The van der Waals surface area contributed by atoms with Crippen molar-refractivity contribution in [3.63, 3.8) is 0 Å². The fraction of sp³-hybridized carbons (Fsp3) is 0.941. The van der Waals surface area contributed by atoms with Gasteiger partial charge in [-0.1, -0.05) is 44.9 Å². The van der Waals surface area contributed by atoms with E-state index in [-0.39, 0.29) is 0 Å². The van der Waals surface area contributed by atoms with Gasteiger partial charge >= 0.3 is 0 Å². The number of carbonyl (C=O) groups excluding carboxylic acids is 1. The second-order valence-electron chi connectivity index (χ2n) is 6.71. The Balaban J connectivity index is 1.99. The van der Waals surface area contributed by atoms with E-state index in [9.17, 15) is 4.79 Å². The summed E-state index contributed by atoms with van der Waals surface area (Å²) in [6, 6.07) is 0. The number of rotatable bonds is 1. The standard InChI is InChI=1S/C17H31NO5/c18-16(19)15-11-10-14-20-22-17(23-21-15)12-8-6-4-2-1-3-5-7-9-13-17/h15H,1-14H2,(H2,18,19). The van der Waals surface area contributed by atoms with E-state index >= 15 is 0 Å². The van der Waals surface area contributed by atoms with Crippen molar-refractivity contribution in [3.8, 4) is 0 Å². The third-order valence-corrected chi connectivity index (χ3v) is 4.65. The summed E-state index contributed by atoms with van der Waals surface area (Å²) in [7, 11) is 0. The molecule has 2 N–H and O–H groups in total. The van der Waals surface area contributed by atoms with Gasteiger partial charge in [0.2, 0.25) is 11.7 Å². The van der Waals surface area contributed by atoms with Gasteiger partial charge in [-0.05, 0) is 25.7 Å². The molecular weight excluding hydrogens is 298 g/mol. The van der Waals surface area contributed by atoms with Crippen molar-refractivity contribution in [2.45, 2.75) is 95.4 Å². The molecule has 6 nitrogen and oxygen atoms in total. The summed E-state index contributed by atoms with van der Waals surface area (Å²) in [4.78, 5) is 33.4. The van der Waals surface area contributed by atoms with Gasteiger partial charge in [0.15, 0.2) is 6.10 Å². The maximum absolute atomic E-state index is 11.4. The molecule has 1 saturated heterocycles. The Bertz CT molecular complexity index is 338. The lowest BCUT2D eigenvalue weighted by molar-refractivity contribution is -0.515. The first-order chi connectivity index (χ1) is 11.2. The highest BCUT2D eigenvalue weighted by atomic mass is 17.3. The Morgan fingerprint density at radius 2 is 1.39 bits per heavy atom. The molecule has 1 heterocycles. The molecule has 0 aromatic rings. The maximum atomic E-state index is 11.4. The van der Waals surface area contributed by atoms with Gasteiger partial charge < -0.3 is 5.73 Å². The van der Waals surface area contributed by atoms with Crippen molar-refractivity contribution in [2.75, 3.05) is 6.61 Å². The van der Waals surface area contributed by atoms with Crippen LogP contribution in [0, 0.1) is 0 Å². The van der Waals surface area contributed by atoms with Crippen LogP contribution in [0.1, 0.15) is 83.5 Å². The lowest BCUT2D eigenvalue weighted by Gasteiger charge is -2.31. The first kappa shape index (κ1) is 18.6. The van der Waals surface area contributed by atoms with Crippen LogP contribution in [0.3, 0.4) is 0 Å². The zero-order valence-electron chi connectivity index (χ0n) is 14.1. The van der Waals surface area contributed by atoms with Crippen molar-refractivity contribution in [3.05, 3.63) is 0 Å². The monoisotopic (exact) mass is 329 g/mol. The van der Waals surface area contributed by atoms with Crippen LogP contribution < -0.4 is 5.73 Å². The molecule has 0 aromatic carbocycles. The van der Waals surface area contributed by atoms with Gasteiger partial charge in [0.1, 0.15) is 0 Å². The molecule has 0 aromatic heterocycles. The summed E-state index contributed by atoms with van der Waals surface area (Å²) in [5.74, 6) is -1.42. The van der Waals surface area contributed by atoms with Crippen LogP contribution in [0.4, 0.5) is 0 Å². The van der Waals surface area contributed by atoms with Crippen LogP contribution >= 0.6 is 0 Å². The largest absolute Gasteiger partial charge is 0.367 e. The molecule has 23 heavy (non-hydrogen) atoms. The van der Waals surface area contributed by atoms with Gasteiger partial charge in [0.25, 0.3) is 0 Å². The fourth-order valence-corrected chi connectivity index (χ4v) is 3.19. The minimum Gasteiger partial charge on any atom is -0.367 e. The molecular formula is C17H31NO5. The van der Waals surface area contributed by atoms with Gasteiger partial charge in [-0.3, -0.25) is 4.79 Å². The summed E-state index contributed by atoms with van der Waals surface area (Å²) in [5, 5.41) is 0. The zero-order chi connectivity index (χ0) is 16.4. The van der Waals surface area contributed by atoms with Crippen LogP contribution in [0.5, 0.6) is 0 Å². The van der Waals surface area contributed by atoms with E-state index in [0.29, 0.717) is 32.3 Å². The minimum absolute atomic E-state index is 0.415. The van der Waals surface area contributed by atoms with E-state index in [2.05, 4.69) is 0 Å². The highest BCUT2D eigenvalue weighted by molar-refractivity contribution is 5.78. The van der Waals surface area contributed by atoms with Gasteiger partial charge in [0, 0.05) is 12.8 Å². The zero-order valence-corrected chi connectivity index (χ0v) is 14.1. The van der Waals surface area contributed by atoms with Gasteiger partial charge in [-0.15, -0.1) is 0 Å². The fourth-order valence-electron chi connectivity index (χ4n) is 3.19. The van der Waals surface area contributed by atoms with E-state index in [1.54, 1.807) is 0 Å². The van der Waals surface area contributed by atoms with Crippen molar-refractivity contribution in [2.24, 2.45) is 5.73 Å². The predicted octanol–water partition coefficient (Wildman–Crippen LogP) is 3.53. The number of nitrogens with two attached hydrogens (primary N) is 1. The molecule has 1 spiro atoms. The summed E-state index contributed by atoms with van der Waals surface area (Å²) in [6.45, 7) is 0.415. The van der Waals surface area contributed by atoms with Crippen LogP contribution in [-0.4, -0.2) is 24.4 Å². The molecule has 1 unspecified atom stereocenters. The van der Waals surface area contributed by atoms with Crippen molar-refractivity contribution >= 4 is 5.91 Å². The van der Waals surface area contributed by atoms with E-state index in [0.717, 1.165) is 25.7 Å². The molecule has 0 radical (unpaired) electrons. The maximum Gasteiger partial charge on any atom is 0.249 e. The van der Waals surface area contributed by atoms with Crippen LogP contribution in [0.15, 0.2) is 0 Å². The van der Waals surface area contributed by atoms with Crippen LogP contribution in [0.2, 0.25) is 0 Å². The Kier molecular flexibility index (Phi) is 8.30. The highest BCUT2D eigenvalue weighted by Gasteiger charge is 2.37. The smallest absolute Gasteiger partial charge is 0.249 e. The number of amides is 1. The molecule has 2 rings (SSSR count). The predicted molar refractivity (Wildman–Crippen MR) is 84.9 cm³/mol. The average Bonchev–Trinajstić information content (AvgIpc) is 2.62. The summed E-state index contributed by atoms with van der Waals surface area (Å²) >= 11 is 0. The number of hydrogen-bond donors (Lipinski definition) is 1. The number of primary amides is 1. The molecule has 1 aliphatic heterocycles. The lowest BCUT2D eigenvalue weighted by atomic mass is 9.97. The highest BCUT2D eigenvalue weighted by Crippen LogP contribution is 2.31. The summed E-state index contributed by atoms with van der Waals surface area (Å²) in [5.41, 5.74) is 5.37. The topological polar surface area (TPSA) is 80.0 Å². The van der Waals surface area contributed by atoms with E-state index in [4.69, 9.17) is 25.3 Å². The molecule has 2 aliphatic rings. The van der Waals surface area contributed by atoms with Crippen LogP contribution in [0.25, 0.3) is 0 Å². The Morgan fingerprint density at radius 3 is 1.96 bits per heavy atom. The first-order valence-electron chi connectivity index (χ1n) is 9.16. The van der Waals surface area contributed by atoms with E-state index in [1.807, 2.05) is 0 Å². The average molecular weight is 329 g/mol. The van der Waals surface area contributed by atoms with Gasteiger partial charge in [0.05, 0.1) is 6.61 Å². The molecule has 0 bridgehead atoms. The molecule has 1 amide bonds. The SMILES string of the molecule is NC(=O)C1CCCOOC2(CCCCCCCCCCC2)OO1. The Labute approximate surface area is 138 Å². The lowest BCUT2D eigenvalue weighted by Crippen LogP contribution is -2.39. The van der Waals surface area contributed by atoms with Gasteiger partial charge in [-0.25, -0.2) is 9.78 Å². The molecule has 134 valence electrons. The Hall–Kier alpha value is -0.690. The van der Waals surface area contributed by atoms with E-state index in [1.165, 1.54) is 32.1 Å². The second kappa shape index (κ2) is 10.2. The van der Waals surface area contributed by atoms with Crippen molar-refractivity contribution < 1.29 is 24.3 Å². The molecule has 1 saturated carbocycles. The quantitative estimate of drug-likeness (QED) is 0.744.